The van der Waals surface area contributed by atoms with Gasteiger partial charge in [0.1, 0.15) is 17.0 Å². The second-order valence-electron chi connectivity index (χ2n) is 4.60. The molecule has 0 spiro atoms. The van der Waals surface area contributed by atoms with Gasteiger partial charge in [-0.3, -0.25) is 0 Å². The molecular weight excluding hydrogens is 250 g/mol. The van der Waals surface area contributed by atoms with Crippen LogP contribution >= 0.6 is 0 Å². The standard InChI is InChI=1S/C17H9NO2/c19-10-11-9-16-17(13-6-2-1-5-12(11)13)18-14-7-3-4-8-15(14)20-16/h1-9H. The molecule has 0 radical (unpaired) electrons. The summed E-state index contributed by atoms with van der Waals surface area (Å²) in [6, 6.07) is 16.9. The first kappa shape index (κ1) is 11.0. The highest BCUT2D eigenvalue weighted by Crippen LogP contribution is 2.33. The van der Waals surface area contributed by atoms with Crippen LogP contribution in [-0.2, 0) is 4.79 Å². The Morgan fingerprint density at radius 1 is 0.900 bits per heavy atom. The molecule has 0 unspecified atom stereocenters. The van der Waals surface area contributed by atoms with Gasteiger partial charge in [-0.25, -0.2) is 9.79 Å². The average molecular weight is 259 g/mol. The van der Waals surface area contributed by atoms with Gasteiger partial charge in [-0.1, -0.05) is 36.4 Å². The number of benzene rings is 3. The second kappa shape index (κ2) is 4.05. The van der Waals surface area contributed by atoms with Gasteiger partial charge in [-0.15, -0.1) is 0 Å². The molecule has 0 saturated carbocycles. The maximum absolute atomic E-state index is 11.1. The number of rotatable bonds is 0. The summed E-state index contributed by atoms with van der Waals surface area (Å²) in [6.07, 6.45) is 0. The molecule has 0 atom stereocenters. The summed E-state index contributed by atoms with van der Waals surface area (Å²) in [7, 11) is 0. The Morgan fingerprint density at radius 2 is 1.65 bits per heavy atom. The smallest absolute Gasteiger partial charge is 0.155 e. The van der Waals surface area contributed by atoms with Crippen molar-refractivity contribution in [1.29, 1.82) is 0 Å². The van der Waals surface area contributed by atoms with Crippen molar-refractivity contribution in [2.75, 3.05) is 0 Å². The molecule has 4 rings (SSSR count). The SMILES string of the molecule is O=C=c1cc2c(c3ccccc13)=Nc1ccccc1O2. The fourth-order valence-electron chi connectivity index (χ4n) is 2.49. The van der Waals surface area contributed by atoms with Gasteiger partial charge in [-0.2, -0.15) is 0 Å². The van der Waals surface area contributed by atoms with Crippen molar-refractivity contribution in [3.05, 3.63) is 65.2 Å². The van der Waals surface area contributed by atoms with E-state index in [2.05, 4.69) is 4.99 Å². The summed E-state index contributed by atoms with van der Waals surface area (Å²) < 4.78 is 5.86. The van der Waals surface area contributed by atoms with Crippen LogP contribution in [-0.4, -0.2) is 5.94 Å². The minimum Gasteiger partial charge on any atom is -0.453 e. The van der Waals surface area contributed by atoms with E-state index in [1.54, 1.807) is 6.07 Å². The molecule has 1 heterocycles. The van der Waals surface area contributed by atoms with E-state index in [1.807, 2.05) is 54.5 Å². The van der Waals surface area contributed by atoms with Gasteiger partial charge in [0.15, 0.2) is 11.5 Å². The van der Waals surface area contributed by atoms with Crippen molar-refractivity contribution in [2.45, 2.75) is 0 Å². The average Bonchev–Trinajstić information content (AvgIpc) is 2.52. The van der Waals surface area contributed by atoms with Gasteiger partial charge < -0.3 is 4.74 Å². The van der Waals surface area contributed by atoms with Crippen LogP contribution in [0, 0.1) is 0 Å². The first-order chi connectivity index (χ1) is 9.86. The van der Waals surface area contributed by atoms with Crippen LogP contribution in [0.5, 0.6) is 11.5 Å². The van der Waals surface area contributed by atoms with Crippen LogP contribution in [0.1, 0.15) is 0 Å². The van der Waals surface area contributed by atoms with Gasteiger partial charge in [0.2, 0.25) is 0 Å². The molecule has 1 aliphatic heterocycles. The van der Waals surface area contributed by atoms with Gasteiger partial charge >= 0.3 is 0 Å². The first-order valence-electron chi connectivity index (χ1n) is 6.29. The highest BCUT2D eigenvalue weighted by atomic mass is 16.5. The Labute approximate surface area is 114 Å². The van der Waals surface area contributed by atoms with Crippen molar-refractivity contribution in [3.63, 3.8) is 0 Å². The van der Waals surface area contributed by atoms with E-state index in [1.165, 1.54) is 0 Å². The molecule has 0 saturated heterocycles. The lowest BCUT2D eigenvalue weighted by atomic mass is 10.1. The fourth-order valence-corrected chi connectivity index (χ4v) is 2.49. The van der Waals surface area contributed by atoms with E-state index in [0.717, 1.165) is 21.8 Å². The highest BCUT2D eigenvalue weighted by Gasteiger charge is 2.14. The third-order valence-electron chi connectivity index (χ3n) is 3.41. The minimum absolute atomic E-state index is 0.494. The van der Waals surface area contributed by atoms with Crippen LogP contribution in [0.15, 0.2) is 59.6 Å². The van der Waals surface area contributed by atoms with E-state index in [0.29, 0.717) is 16.7 Å². The molecular formula is C17H9NO2. The van der Waals surface area contributed by atoms with Crippen LogP contribution in [0.25, 0.3) is 10.8 Å². The van der Waals surface area contributed by atoms with E-state index in [9.17, 15) is 4.79 Å². The zero-order chi connectivity index (χ0) is 13.5. The number of para-hydroxylation sites is 2. The number of fused-ring (bicyclic) bond motifs is 4. The Bertz CT molecular complexity index is 986. The molecule has 3 heteroatoms. The quantitative estimate of drug-likeness (QED) is 0.486. The van der Waals surface area contributed by atoms with Gasteiger partial charge in [-0.05, 0) is 12.1 Å². The lowest BCUT2D eigenvalue weighted by molar-refractivity contribution is 0.471. The van der Waals surface area contributed by atoms with E-state index < -0.39 is 0 Å². The Kier molecular flexibility index (Phi) is 2.22. The molecule has 0 amide bonds. The molecule has 3 aromatic rings. The Balaban J connectivity index is 2.23. The predicted molar refractivity (Wildman–Crippen MR) is 75.7 cm³/mol. The topological polar surface area (TPSA) is 38.7 Å². The van der Waals surface area contributed by atoms with Crippen molar-refractivity contribution in [3.8, 4) is 11.5 Å². The summed E-state index contributed by atoms with van der Waals surface area (Å²) in [4.78, 5) is 15.8. The summed E-state index contributed by atoms with van der Waals surface area (Å²) in [5.41, 5.74) is 0.799. The zero-order valence-electron chi connectivity index (χ0n) is 10.5. The lowest BCUT2D eigenvalue weighted by Gasteiger charge is -2.14. The van der Waals surface area contributed by atoms with E-state index in [4.69, 9.17) is 4.74 Å². The molecule has 3 aromatic carbocycles. The van der Waals surface area contributed by atoms with Crippen molar-refractivity contribution >= 4 is 22.4 Å². The summed E-state index contributed by atoms with van der Waals surface area (Å²) in [5.74, 6) is 3.27. The minimum atomic E-state index is 0.494. The molecule has 20 heavy (non-hydrogen) atoms. The Hall–Kier alpha value is -2.90. The molecule has 0 aromatic heterocycles. The molecule has 0 bridgehead atoms. The zero-order valence-corrected chi connectivity index (χ0v) is 10.5. The molecule has 0 aliphatic carbocycles. The number of hydrogen-bond acceptors (Lipinski definition) is 3. The predicted octanol–water partition coefficient (Wildman–Crippen LogP) is 2.40. The second-order valence-corrected chi connectivity index (χ2v) is 4.60. The van der Waals surface area contributed by atoms with Crippen molar-refractivity contribution in [2.24, 2.45) is 4.99 Å². The molecule has 0 fully saturated rings. The third kappa shape index (κ3) is 1.48. The van der Waals surface area contributed by atoms with Gasteiger partial charge in [0, 0.05) is 16.8 Å². The summed E-state index contributed by atoms with van der Waals surface area (Å²) >= 11 is 0. The lowest BCUT2D eigenvalue weighted by Crippen LogP contribution is -2.17. The van der Waals surface area contributed by atoms with Crippen LogP contribution < -0.4 is 15.3 Å². The maximum atomic E-state index is 11.1. The highest BCUT2D eigenvalue weighted by molar-refractivity contribution is 5.87. The first-order valence-corrected chi connectivity index (χ1v) is 6.29. The molecule has 3 nitrogen and oxygen atoms in total. The van der Waals surface area contributed by atoms with Crippen molar-refractivity contribution < 1.29 is 9.53 Å². The monoisotopic (exact) mass is 259 g/mol. The maximum Gasteiger partial charge on any atom is 0.155 e. The van der Waals surface area contributed by atoms with Crippen LogP contribution in [0.2, 0.25) is 0 Å². The van der Waals surface area contributed by atoms with Crippen LogP contribution in [0.4, 0.5) is 5.69 Å². The number of nitrogens with zero attached hydrogens (tertiary/aromatic N) is 1. The Morgan fingerprint density at radius 3 is 2.50 bits per heavy atom. The third-order valence-corrected chi connectivity index (χ3v) is 3.41. The van der Waals surface area contributed by atoms with Gasteiger partial charge in [0.05, 0.1) is 5.22 Å². The number of carbonyl (C=O) groups excluding carboxylic acids is 1. The van der Waals surface area contributed by atoms with E-state index in [-0.39, 0.29) is 0 Å². The molecule has 0 N–H and O–H groups in total. The molecule has 1 aliphatic rings. The molecule has 94 valence electrons. The summed E-state index contributed by atoms with van der Waals surface area (Å²) in [5, 5.41) is 3.00. The summed E-state index contributed by atoms with van der Waals surface area (Å²) in [6.45, 7) is 0. The van der Waals surface area contributed by atoms with E-state index >= 15 is 0 Å². The number of hydrogen-bond donors (Lipinski definition) is 0. The van der Waals surface area contributed by atoms with Crippen LogP contribution in [0.3, 0.4) is 0 Å². The largest absolute Gasteiger partial charge is 0.453 e. The van der Waals surface area contributed by atoms with Crippen molar-refractivity contribution in [1.82, 2.24) is 0 Å². The number of ether oxygens (including phenoxy) is 1. The van der Waals surface area contributed by atoms with Gasteiger partial charge in [0.25, 0.3) is 0 Å². The fraction of sp³-hybridized carbons (Fsp3) is 0. The normalized spacial score (nSPS) is 11.8.